The first-order chi connectivity index (χ1) is 36.9. The molecule has 6 rings (SSSR count). The van der Waals surface area contributed by atoms with Crippen LogP contribution in [0.1, 0.15) is 265 Å². The van der Waals surface area contributed by atoms with Gasteiger partial charge in [-0.05, 0) is 175 Å². The topological polar surface area (TPSA) is 212 Å². The van der Waals surface area contributed by atoms with E-state index >= 15 is 4.79 Å². The number of carbonyl (C=O) groups excluding carboxylic acids is 6. The maximum Gasteiger partial charge on any atom is 0.306 e. The van der Waals surface area contributed by atoms with Gasteiger partial charge in [-0.1, -0.05) is 40.5 Å². The Bertz CT molecular complexity index is 2930. The highest BCUT2D eigenvalue weighted by Gasteiger charge is 2.42. The number of aryl methyl sites for hydroxylation is 2. The van der Waals surface area contributed by atoms with Crippen molar-refractivity contribution >= 4 is 68.8 Å². The molecule has 3 N–H and O–H groups in total. The number of amides is 3. The standard InChI is InChI=1S/C63H90N6O10/c1-18-21-31-69-58(74)54-39(7)46-34-47-41(20-3)36(4)43(64-47)35-48-53(40(8)76-32-22-19-2)38(6)45(65-48)33-44-37(5)42(56(66-44)55(59(69)75)57(54)67-46)23-24-49(70)68-63(28-25-50(71)77-60(9,10)11,29-26-51(72)78-61(12,13)14)30-27-52(73)79-62(15,16)17/h33-35,37,40,42,65,67H,18-32H2,1-17H3,(H,68,70)/t37-,40?,42-/m0/s1. The van der Waals surface area contributed by atoms with Gasteiger partial charge in [0.05, 0.1) is 39.8 Å². The molecule has 0 spiro atoms. The van der Waals surface area contributed by atoms with E-state index in [1.54, 1.807) is 62.3 Å². The van der Waals surface area contributed by atoms with E-state index in [2.05, 4.69) is 56.0 Å². The van der Waals surface area contributed by atoms with Gasteiger partial charge in [-0.3, -0.25) is 38.7 Å². The van der Waals surface area contributed by atoms with Crippen LogP contribution in [-0.4, -0.2) is 96.0 Å². The van der Waals surface area contributed by atoms with Crippen molar-refractivity contribution in [2.24, 2.45) is 0 Å². The van der Waals surface area contributed by atoms with E-state index in [9.17, 15) is 24.0 Å². The average molecular weight is 1090 g/mol. The monoisotopic (exact) mass is 1090 g/mol. The molecule has 432 valence electrons. The molecule has 16 heteroatoms. The van der Waals surface area contributed by atoms with Crippen LogP contribution in [0.4, 0.5) is 0 Å². The number of rotatable bonds is 22. The van der Waals surface area contributed by atoms with Gasteiger partial charge in [0.2, 0.25) is 5.91 Å². The third-order valence-electron chi connectivity index (χ3n) is 15.1. The Hall–Kier alpha value is -6.16. The lowest BCUT2D eigenvalue weighted by molar-refractivity contribution is -0.155. The molecule has 0 saturated carbocycles. The number of imide groups is 1. The van der Waals surface area contributed by atoms with E-state index in [0.29, 0.717) is 53.0 Å². The average Bonchev–Trinajstić information content (AvgIpc) is 4.13. The van der Waals surface area contributed by atoms with Crippen molar-refractivity contribution in [2.75, 3.05) is 13.2 Å². The molecular weight excluding hydrogens is 1000 g/mol. The van der Waals surface area contributed by atoms with E-state index in [1.807, 2.05) is 32.9 Å². The molecule has 3 aliphatic rings. The molecule has 0 fully saturated rings. The number of esters is 3. The van der Waals surface area contributed by atoms with Crippen molar-refractivity contribution in [1.29, 1.82) is 0 Å². The van der Waals surface area contributed by atoms with E-state index in [1.165, 1.54) is 4.90 Å². The highest BCUT2D eigenvalue weighted by atomic mass is 16.6. The number of allylic oxidation sites excluding steroid dienone is 2. The number of ether oxygens (including phenoxy) is 4. The van der Waals surface area contributed by atoms with Gasteiger partial charge in [-0.2, -0.15) is 0 Å². The largest absolute Gasteiger partial charge is 0.460 e. The second-order valence-corrected chi connectivity index (χ2v) is 25.0. The zero-order valence-corrected chi connectivity index (χ0v) is 50.5. The van der Waals surface area contributed by atoms with Crippen LogP contribution in [0.5, 0.6) is 0 Å². The molecule has 3 aromatic rings. The summed E-state index contributed by atoms with van der Waals surface area (Å²) in [7, 11) is 0. The summed E-state index contributed by atoms with van der Waals surface area (Å²) in [5, 5.41) is 3.25. The minimum absolute atomic E-state index is 0.0565. The molecule has 3 aromatic heterocycles. The number of nitrogens with zero attached hydrogens (tertiary/aromatic N) is 3. The Balaban J connectivity index is 1.55. The molecule has 0 radical (unpaired) electrons. The van der Waals surface area contributed by atoms with E-state index in [-0.39, 0.29) is 81.4 Å². The molecule has 3 amide bonds. The molecule has 0 aromatic carbocycles. The summed E-state index contributed by atoms with van der Waals surface area (Å²) < 4.78 is 23.6. The van der Waals surface area contributed by atoms with Crippen LogP contribution >= 0.6 is 0 Å². The van der Waals surface area contributed by atoms with Crippen molar-refractivity contribution in [3.8, 4) is 0 Å². The zero-order valence-electron chi connectivity index (χ0n) is 50.5. The summed E-state index contributed by atoms with van der Waals surface area (Å²) >= 11 is 0. The van der Waals surface area contributed by atoms with Gasteiger partial charge in [-0.15, -0.1) is 0 Å². The number of hydrogen-bond acceptors (Lipinski definition) is 12. The lowest BCUT2D eigenvalue weighted by atomic mass is 9.82. The van der Waals surface area contributed by atoms with Crippen LogP contribution in [-0.2, 0) is 38.1 Å². The van der Waals surface area contributed by atoms with Crippen LogP contribution in [0.15, 0.2) is 18.2 Å². The van der Waals surface area contributed by atoms with Crippen LogP contribution in [0, 0.1) is 13.8 Å². The Morgan fingerprint density at radius 1 is 0.684 bits per heavy atom. The van der Waals surface area contributed by atoms with Crippen molar-refractivity contribution in [3.05, 3.63) is 68.8 Å². The minimum atomic E-state index is -1.26. The fraction of sp³-hybridized carbons (Fsp3) is 0.619. The smallest absolute Gasteiger partial charge is 0.306 e. The number of hydrogen-bond donors (Lipinski definition) is 3. The van der Waals surface area contributed by atoms with Gasteiger partial charge in [-0.25, -0.2) is 4.98 Å². The molecule has 3 atom stereocenters. The fourth-order valence-corrected chi connectivity index (χ4v) is 11.1. The zero-order chi connectivity index (χ0) is 58.5. The number of aromatic amines is 2. The normalized spacial score (nSPS) is 16.3. The number of H-pyrrole nitrogens is 2. The lowest BCUT2D eigenvalue weighted by Gasteiger charge is -2.36. The Morgan fingerprint density at radius 3 is 1.75 bits per heavy atom. The first-order valence-electron chi connectivity index (χ1n) is 28.8. The molecule has 8 bridgehead atoms. The number of aromatic nitrogens is 4. The fourth-order valence-electron chi connectivity index (χ4n) is 11.1. The molecule has 79 heavy (non-hydrogen) atoms. The quantitative estimate of drug-likeness (QED) is 0.0371. The second kappa shape index (κ2) is 25.1. The number of carbonyl (C=O) groups is 6. The highest BCUT2D eigenvalue weighted by Crippen LogP contribution is 2.45. The maximum absolute atomic E-state index is 15.3. The van der Waals surface area contributed by atoms with E-state index in [4.69, 9.17) is 28.9 Å². The molecule has 0 saturated heterocycles. The lowest BCUT2D eigenvalue weighted by Crippen LogP contribution is -2.50. The summed E-state index contributed by atoms with van der Waals surface area (Å²) in [6.45, 7) is 33.2. The van der Waals surface area contributed by atoms with Crippen molar-refractivity contribution < 1.29 is 47.7 Å². The van der Waals surface area contributed by atoms with Gasteiger partial charge in [0.15, 0.2) is 0 Å². The van der Waals surface area contributed by atoms with Crippen molar-refractivity contribution in [2.45, 2.75) is 241 Å². The Morgan fingerprint density at radius 2 is 1.22 bits per heavy atom. The highest BCUT2D eigenvalue weighted by molar-refractivity contribution is 6.23. The molecule has 1 unspecified atom stereocenters. The van der Waals surface area contributed by atoms with Crippen molar-refractivity contribution in [3.63, 3.8) is 0 Å². The van der Waals surface area contributed by atoms with Crippen LogP contribution < -0.4 is 5.32 Å². The first-order valence-corrected chi connectivity index (χ1v) is 28.8. The number of nitrogens with one attached hydrogen (secondary N) is 3. The molecule has 3 aliphatic heterocycles. The van der Waals surface area contributed by atoms with Gasteiger partial charge in [0.1, 0.15) is 16.8 Å². The first kappa shape index (κ1) is 62.0. The van der Waals surface area contributed by atoms with E-state index in [0.717, 1.165) is 64.0 Å². The Labute approximate surface area is 468 Å². The molecular formula is C63H90N6O10. The van der Waals surface area contributed by atoms with Crippen LogP contribution in [0.25, 0.3) is 33.2 Å². The molecule has 16 nitrogen and oxygen atoms in total. The summed E-state index contributed by atoms with van der Waals surface area (Å²) in [5.74, 6) is -3.56. The third kappa shape index (κ3) is 15.2. The summed E-state index contributed by atoms with van der Waals surface area (Å²) in [6, 6.07) is 6.10. The van der Waals surface area contributed by atoms with E-state index < -0.39 is 58.0 Å². The van der Waals surface area contributed by atoms with Gasteiger partial charge >= 0.3 is 17.9 Å². The SMILES string of the molecule is CCCCOC(C)c1c(C)c2cc3nc(c4c5[nH]c(cc6nc(cc1[nH]2)C(C)=C6CC)c(C)c5C(=O)N(CCCC)C4=O)[C@@H](CCC(=O)NC(CCC(=O)OC(C)(C)C)(CCC(=O)OC(C)(C)C)CCC(=O)OC(C)(C)C)[C@@H]3C. The van der Waals surface area contributed by atoms with Crippen LogP contribution in [0.3, 0.4) is 0 Å². The summed E-state index contributed by atoms with van der Waals surface area (Å²) in [6.07, 6.45) is 3.72. The minimum Gasteiger partial charge on any atom is -0.460 e. The summed E-state index contributed by atoms with van der Waals surface area (Å²) in [5.41, 5.74) is 7.32. The van der Waals surface area contributed by atoms with Crippen molar-refractivity contribution in [1.82, 2.24) is 30.2 Å². The maximum atomic E-state index is 15.3. The third-order valence-corrected chi connectivity index (χ3v) is 15.1. The molecule has 6 heterocycles. The van der Waals surface area contributed by atoms with Gasteiger partial charge < -0.3 is 34.2 Å². The van der Waals surface area contributed by atoms with Gasteiger partial charge in [0.25, 0.3) is 11.8 Å². The Kier molecular flexibility index (Phi) is 19.7. The second-order valence-electron chi connectivity index (χ2n) is 25.0. The van der Waals surface area contributed by atoms with Gasteiger partial charge in [0, 0.05) is 84.0 Å². The number of unbranched alkanes of at least 4 members (excludes halogenated alkanes) is 2. The summed E-state index contributed by atoms with van der Waals surface area (Å²) in [4.78, 5) is 104. The number of fused-ring (bicyclic) bond motifs is 8. The van der Waals surface area contributed by atoms with Crippen LogP contribution in [0.2, 0.25) is 0 Å². The predicted octanol–water partition coefficient (Wildman–Crippen LogP) is 13.4. The molecule has 0 aliphatic carbocycles. The predicted molar refractivity (Wildman–Crippen MR) is 309 cm³/mol.